The number of rotatable bonds is 7. The third-order valence-corrected chi connectivity index (χ3v) is 6.66. The van der Waals surface area contributed by atoms with E-state index in [0.29, 0.717) is 24.0 Å². The van der Waals surface area contributed by atoms with E-state index in [2.05, 4.69) is 4.98 Å². The van der Waals surface area contributed by atoms with Crippen molar-refractivity contribution in [3.05, 3.63) is 65.0 Å². The zero-order valence-electron chi connectivity index (χ0n) is 17.4. The molecule has 1 heterocycles. The summed E-state index contributed by atoms with van der Waals surface area (Å²) >= 11 is 0. The lowest BCUT2D eigenvalue weighted by molar-refractivity contribution is 0.340. The van der Waals surface area contributed by atoms with Crippen LogP contribution >= 0.6 is 0 Å². The Bertz CT molecular complexity index is 1100. The molecule has 0 unspecified atom stereocenters. The average molecular weight is 415 g/mol. The normalized spacial score (nSPS) is 11.8. The summed E-state index contributed by atoms with van der Waals surface area (Å²) in [6.07, 6.45) is 0. The molecule has 7 heteroatoms. The predicted molar refractivity (Wildman–Crippen MR) is 112 cm³/mol. The second-order valence-electron chi connectivity index (χ2n) is 6.99. The minimum atomic E-state index is -3.63. The molecule has 0 bridgehead atoms. The highest BCUT2D eigenvalue weighted by molar-refractivity contribution is 7.89. The summed E-state index contributed by atoms with van der Waals surface area (Å²) in [6.45, 7) is 8.30. The van der Waals surface area contributed by atoms with Crippen molar-refractivity contribution in [2.45, 2.75) is 39.1 Å². The van der Waals surface area contributed by atoms with Gasteiger partial charge in [0.05, 0.1) is 23.7 Å². The Morgan fingerprint density at radius 2 is 1.72 bits per heavy atom. The van der Waals surface area contributed by atoms with E-state index in [1.807, 2.05) is 51.1 Å². The van der Waals surface area contributed by atoms with Crippen LogP contribution in [0.5, 0.6) is 5.75 Å². The fraction of sp³-hybridized carbons (Fsp3) is 0.318. The van der Waals surface area contributed by atoms with Crippen molar-refractivity contribution in [3.63, 3.8) is 0 Å². The summed E-state index contributed by atoms with van der Waals surface area (Å²) in [5.74, 6) is 1.83. The summed E-state index contributed by atoms with van der Waals surface area (Å²) in [4.78, 5) is 4.79. The maximum absolute atomic E-state index is 12.9. The third-order valence-electron chi connectivity index (χ3n) is 4.86. The van der Waals surface area contributed by atoms with Gasteiger partial charge in [-0.3, -0.25) is 0 Å². The molecule has 0 atom stereocenters. The highest BCUT2D eigenvalue weighted by atomic mass is 32.2. The van der Waals surface area contributed by atoms with E-state index < -0.39 is 10.0 Å². The van der Waals surface area contributed by atoms with Crippen molar-refractivity contribution in [1.29, 1.82) is 0 Å². The van der Waals surface area contributed by atoms with Crippen LogP contribution in [0.25, 0.3) is 11.5 Å². The third kappa shape index (κ3) is 4.52. The Morgan fingerprint density at radius 3 is 2.34 bits per heavy atom. The second kappa shape index (κ2) is 8.39. The van der Waals surface area contributed by atoms with Gasteiger partial charge in [0.15, 0.2) is 0 Å². The topological polar surface area (TPSA) is 72.6 Å². The average Bonchev–Trinajstić information content (AvgIpc) is 3.05. The number of oxazole rings is 1. The molecule has 0 radical (unpaired) electrons. The van der Waals surface area contributed by atoms with Gasteiger partial charge in [0.1, 0.15) is 11.5 Å². The lowest BCUT2D eigenvalue weighted by atomic mass is 10.1. The van der Waals surface area contributed by atoms with E-state index in [1.165, 1.54) is 4.31 Å². The van der Waals surface area contributed by atoms with E-state index in [9.17, 15) is 8.42 Å². The number of nitrogens with zero attached hydrogens (tertiary/aromatic N) is 2. The molecular formula is C22H26N2O4S. The van der Waals surface area contributed by atoms with Crippen molar-refractivity contribution >= 4 is 10.0 Å². The first-order chi connectivity index (χ1) is 13.7. The van der Waals surface area contributed by atoms with Crippen LogP contribution in [0.15, 0.2) is 51.8 Å². The lowest BCUT2D eigenvalue weighted by Crippen LogP contribution is -2.27. The zero-order chi connectivity index (χ0) is 21.2. The smallest absolute Gasteiger partial charge is 0.243 e. The molecule has 0 amide bonds. The zero-order valence-corrected chi connectivity index (χ0v) is 18.2. The predicted octanol–water partition coefficient (Wildman–Crippen LogP) is 4.49. The molecular weight excluding hydrogens is 388 g/mol. The van der Waals surface area contributed by atoms with E-state index in [1.54, 1.807) is 26.1 Å². The molecule has 0 spiro atoms. The van der Waals surface area contributed by atoms with Gasteiger partial charge < -0.3 is 9.15 Å². The number of sulfonamides is 1. The van der Waals surface area contributed by atoms with Crippen molar-refractivity contribution in [1.82, 2.24) is 9.29 Å². The molecule has 2 aromatic carbocycles. The van der Waals surface area contributed by atoms with Gasteiger partial charge in [0.2, 0.25) is 15.9 Å². The Balaban J connectivity index is 1.82. The Morgan fingerprint density at radius 1 is 1.03 bits per heavy atom. The number of ether oxygens (including phenoxy) is 1. The monoisotopic (exact) mass is 414 g/mol. The van der Waals surface area contributed by atoms with Gasteiger partial charge in [-0.15, -0.1) is 0 Å². The van der Waals surface area contributed by atoms with E-state index in [0.717, 1.165) is 22.4 Å². The summed E-state index contributed by atoms with van der Waals surface area (Å²) in [7, 11) is -2.07. The Hall–Kier alpha value is -2.64. The minimum Gasteiger partial charge on any atom is -0.494 e. The molecule has 1 aromatic heterocycles. The van der Waals surface area contributed by atoms with E-state index >= 15 is 0 Å². The molecule has 0 aliphatic carbocycles. The molecule has 3 aromatic rings. The number of aromatic nitrogens is 1. The highest BCUT2D eigenvalue weighted by Gasteiger charge is 2.24. The maximum atomic E-state index is 12.9. The van der Waals surface area contributed by atoms with Gasteiger partial charge >= 0.3 is 0 Å². The van der Waals surface area contributed by atoms with Crippen molar-refractivity contribution < 1.29 is 17.6 Å². The quantitative estimate of drug-likeness (QED) is 0.570. The molecule has 6 nitrogen and oxygen atoms in total. The Labute approximate surface area is 172 Å². The Kier molecular flexibility index (Phi) is 6.10. The van der Waals surface area contributed by atoms with E-state index in [-0.39, 0.29) is 11.4 Å². The maximum Gasteiger partial charge on any atom is 0.243 e. The first-order valence-electron chi connectivity index (χ1n) is 9.45. The van der Waals surface area contributed by atoms with Crippen LogP contribution in [0.1, 0.15) is 29.5 Å². The van der Waals surface area contributed by atoms with Crippen molar-refractivity contribution in [2.75, 3.05) is 13.7 Å². The van der Waals surface area contributed by atoms with Crippen LogP contribution < -0.4 is 4.74 Å². The molecule has 0 N–H and O–H groups in total. The van der Waals surface area contributed by atoms with Crippen LogP contribution in [0.3, 0.4) is 0 Å². The van der Waals surface area contributed by atoms with Crippen LogP contribution in [0.2, 0.25) is 0 Å². The number of benzene rings is 2. The van der Waals surface area contributed by atoms with E-state index in [4.69, 9.17) is 9.15 Å². The van der Waals surface area contributed by atoms with Crippen LogP contribution in [0.4, 0.5) is 0 Å². The summed E-state index contributed by atoms with van der Waals surface area (Å²) in [6, 6.07) is 12.6. The summed E-state index contributed by atoms with van der Waals surface area (Å²) in [5.41, 5.74) is 3.39. The first-order valence-corrected chi connectivity index (χ1v) is 10.9. The number of hydrogen-bond acceptors (Lipinski definition) is 5. The minimum absolute atomic E-state index is 0.127. The SMILES string of the molecule is CCOc1ccc(-c2nc(CN(C)S(=O)(=O)c3ccc(C)c(C)c3)c(C)o2)cc1. The van der Waals surface area contributed by atoms with Crippen LogP contribution in [0, 0.1) is 20.8 Å². The van der Waals surface area contributed by atoms with Crippen molar-refractivity contribution in [2.24, 2.45) is 0 Å². The van der Waals surface area contributed by atoms with Crippen LogP contribution in [-0.4, -0.2) is 31.4 Å². The molecule has 0 aliphatic rings. The number of hydrogen-bond donors (Lipinski definition) is 0. The first kappa shape index (κ1) is 21.1. The van der Waals surface area contributed by atoms with Gasteiger partial charge in [0.25, 0.3) is 0 Å². The standard InChI is InChI=1S/C22H26N2O4S/c1-6-27-19-10-8-18(9-11-19)22-23-21(17(4)28-22)14-24(5)29(25,26)20-12-7-15(2)16(3)13-20/h7-13H,6,14H2,1-5H3. The fourth-order valence-electron chi connectivity index (χ4n) is 2.91. The molecule has 29 heavy (non-hydrogen) atoms. The van der Waals surface area contributed by atoms with Gasteiger partial charge in [0, 0.05) is 12.6 Å². The summed E-state index contributed by atoms with van der Waals surface area (Å²) in [5, 5.41) is 0. The van der Waals surface area contributed by atoms with Gasteiger partial charge in [-0.25, -0.2) is 13.4 Å². The lowest BCUT2D eigenvalue weighted by Gasteiger charge is -2.17. The van der Waals surface area contributed by atoms with Gasteiger partial charge in [-0.1, -0.05) is 6.07 Å². The highest BCUT2D eigenvalue weighted by Crippen LogP contribution is 2.26. The molecule has 0 saturated carbocycles. The molecule has 0 fully saturated rings. The van der Waals surface area contributed by atoms with Gasteiger partial charge in [-0.2, -0.15) is 4.31 Å². The fourth-order valence-corrected chi connectivity index (χ4v) is 4.13. The molecule has 0 saturated heterocycles. The van der Waals surface area contributed by atoms with Crippen molar-refractivity contribution in [3.8, 4) is 17.2 Å². The van der Waals surface area contributed by atoms with Gasteiger partial charge in [-0.05, 0) is 75.2 Å². The van der Waals surface area contributed by atoms with Crippen LogP contribution in [-0.2, 0) is 16.6 Å². The summed E-state index contributed by atoms with van der Waals surface area (Å²) < 4.78 is 38.4. The second-order valence-corrected chi connectivity index (χ2v) is 9.03. The largest absolute Gasteiger partial charge is 0.494 e. The molecule has 3 rings (SSSR count). The molecule has 0 aliphatic heterocycles. The molecule has 154 valence electrons. The number of aryl methyl sites for hydroxylation is 3.